The Bertz CT molecular complexity index is 1860. The Morgan fingerprint density at radius 3 is 1.95 bits per heavy atom. The number of anilines is 3. The standard InChI is InChI=1S/C44H60F2N8O3.CH4O/c1-9-24-55-42(57-40(26-52-30-47-29-48-52)38-19-10-33(45)25-39(38)46)28-56-37-17-15-35(16-18-37)51-22-20-50(21-23-51)34-11-13-36(14-12-34)53-31-49-54(32(53)2)27-41(43(3,4)5)44(6,7)8;1-2/h10-19,25,29-32,40-42H,9,20-24,26-28H2,1-8H3;2H,1H3/t32?,40?,42-;/m0./s1. The molecule has 1 fully saturated rings. The summed E-state index contributed by atoms with van der Waals surface area (Å²) in [5.41, 5.74) is 4.04. The highest BCUT2D eigenvalue weighted by atomic mass is 19.1. The third kappa shape index (κ3) is 12.1. The number of aliphatic hydroxyl groups excluding tert-OH is 1. The van der Waals surface area contributed by atoms with E-state index in [1.54, 1.807) is 0 Å². The number of piperazine rings is 1. The third-order valence-corrected chi connectivity index (χ3v) is 11.0. The van der Waals surface area contributed by atoms with Gasteiger partial charge in [-0.3, -0.25) is 9.69 Å². The minimum Gasteiger partial charge on any atom is -0.488 e. The van der Waals surface area contributed by atoms with Gasteiger partial charge in [0.2, 0.25) is 0 Å². The summed E-state index contributed by atoms with van der Waals surface area (Å²) in [4.78, 5) is 11.1. The number of hydrazone groups is 1. The van der Waals surface area contributed by atoms with Crippen LogP contribution in [0.5, 0.6) is 5.75 Å². The Balaban J connectivity index is 0.00000326. The molecule has 1 aromatic heterocycles. The smallest absolute Gasteiger partial charge is 0.192 e. The first-order valence-corrected chi connectivity index (χ1v) is 20.6. The van der Waals surface area contributed by atoms with Crippen molar-refractivity contribution in [3.8, 4) is 5.75 Å². The van der Waals surface area contributed by atoms with Crippen LogP contribution in [0.4, 0.5) is 25.8 Å². The molecule has 0 amide bonds. The van der Waals surface area contributed by atoms with E-state index in [4.69, 9.17) is 24.4 Å². The van der Waals surface area contributed by atoms with Crippen molar-refractivity contribution in [3.05, 3.63) is 96.6 Å². The van der Waals surface area contributed by atoms with E-state index in [0.29, 0.717) is 18.3 Å². The predicted octanol–water partition coefficient (Wildman–Crippen LogP) is 8.20. The maximum Gasteiger partial charge on any atom is 0.192 e. The van der Waals surface area contributed by atoms with Crippen LogP contribution in [0.3, 0.4) is 0 Å². The van der Waals surface area contributed by atoms with Gasteiger partial charge in [0.15, 0.2) is 6.29 Å². The number of halogens is 2. The first-order chi connectivity index (χ1) is 28.2. The van der Waals surface area contributed by atoms with E-state index in [1.165, 1.54) is 35.2 Å². The summed E-state index contributed by atoms with van der Waals surface area (Å²) in [6.45, 7) is 23.4. The summed E-state index contributed by atoms with van der Waals surface area (Å²) in [6, 6.07) is 20.3. The molecule has 0 spiro atoms. The number of rotatable bonds is 16. The number of nitrogens with zero attached hydrogens (tertiary/aromatic N) is 8. The average Bonchev–Trinajstić information content (AvgIpc) is 3.87. The highest BCUT2D eigenvalue weighted by molar-refractivity contribution is 5.81. The highest BCUT2D eigenvalue weighted by Gasteiger charge is 2.38. The molecule has 0 aliphatic carbocycles. The Morgan fingerprint density at radius 2 is 1.41 bits per heavy atom. The number of ether oxygens (including phenoxy) is 3. The van der Waals surface area contributed by atoms with Crippen LogP contribution in [-0.2, 0) is 16.0 Å². The fraction of sp³-hybridized carbons (Fsp3) is 0.533. The summed E-state index contributed by atoms with van der Waals surface area (Å²) in [5, 5.41) is 18.2. The molecule has 4 aromatic rings. The van der Waals surface area contributed by atoms with Crippen molar-refractivity contribution < 1.29 is 28.1 Å². The first-order valence-electron chi connectivity index (χ1n) is 20.6. The van der Waals surface area contributed by atoms with Crippen LogP contribution in [0.2, 0.25) is 0 Å². The topological polar surface area (TPSA) is 104 Å². The van der Waals surface area contributed by atoms with Crippen LogP contribution in [0.25, 0.3) is 0 Å². The Morgan fingerprint density at radius 1 is 0.814 bits per heavy atom. The summed E-state index contributed by atoms with van der Waals surface area (Å²) < 4.78 is 48.6. The minimum atomic E-state index is -0.823. The lowest BCUT2D eigenvalue weighted by atomic mass is 9.66. The van der Waals surface area contributed by atoms with Gasteiger partial charge in [0, 0.05) is 75.1 Å². The zero-order valence-electron chi connectivity index (χ0n) is 36.3. The van der Waals surface area contributed by atoms with Crippen LogP contribution in [-0.4, -0.2) is 96.7 Å². The fourth-order valence-corrected chi connectivity index (χ4v) is 7.98. The maximum atomic E-state index is 14.9. The lowest BCUT2D eigenvalue weighted by Crippen LogP contribution is -2.46. The molecule has 2 aliphatic heterocycles. The van der Waals surface area contributed by atoms with Gasteiger partial charge in [-0.05, 0) is 84.7 Å². The molecule has 59 heavy (non-hydrogen) atoms. The summed E-state index contributed by atoms with van der Waals surface area (Å²) >= 11 is 0. The predicted molar refractivity (Wildman–Crippen MR) is 231 cm³/mol. The molecule has 3 atom stereocenters. The average molecular weight is 819 g/mol. The molecule has 0 saturated carbocycles. The molecule has 3 heterocycles. The van der Waals surface area contributed by atoms with Crippen molar-refractivity contribution in [3.63, 3.8) is 0 Å². The van der Waals surface area contributed by atoms with Gasteiger partial charge in [0.1, 0.15) is 55.3 Å². The molecule has 2 unspecified atom stereocenters. The van der Waals surface area contributed by atoms with Crippen molar-refractivity contribution in [1.29, 1.82) is 0 Å². The first kappa shape index (κ1) is 45.3. The molecule has 3 aromatic carbocycles. The molecular weight excluding hydrogens is 755 g/mol. The van der Waals surface area contributed by atoms with Gasteiger partial charge in [-0.2, -0.15) is 10.2 Å². The second kappa shape index (κ2) is 20.5. The lowest BCUT2D eigenvalue weighted by molar-refractivity contribution is -0.189. The summed E-state index contributed by atoms with van der Waals surface area (Å²) in [7, 11) is 1.00. The SMILES string of the molecule is CCCO[C@H](COc1ccc(N2CCN(c3ccc(N4C=NN(CC(C(C)(C)C)C(C)(C)C)C4C)cc3)CC2)cc1)OC(Cn1cncn1)c1ccc(F)cc1F.CO. The van der Waals surface area contributed by atoms with Gasteiger partial charge in [-0.25, -0.2) is 13.8 Å². The second-order valence-electron chi connectivity index (χ2n) is 17.2. The number of aliphatic hydroxyl groups is 1. The highest BCUT2D eigenvalue weighted by Crippen LogP contribution is 2.41. The molecule has 0 radical (unpaired) electrons. The quantitative estimate of drug-likeness (QED) is 0.111. The van der Waals surface area contributed by atoms with E-state index >= 15 is 0 Å². The van der Waals surface area contributed by atoms with E-state index in [2.05, 4.69) is 115 Å². The molecule has 1 N–H and O–H groups in total. The van der Waals surface area contributed by atoms with Crippen LogP contribution in [0.1, 0.15) is 73.5 Å². The Labute approximate surface area is 349 Å². The van der Waals surface area contributed by atoms with Crippen LogP contribution >= 0.6 is 0 Å². The van der Waals surface area contributed by atoms with Crippen LogP contribution < -0.4 is 19.4 Å². The van der Waals surface area contributed by atoms with E-state index in [-0.39, 0.29) is 35.7 Å². The third-order valence-electron chi connectivity index (χ3n) is 11.0. The molecule has 1 saturated heterocycles. The number of hydrogen-bond acceptors (Lipinski definition) is 11. The molecule has 0 bridgehead atoms. The Hall–Kier alpha value is -4.79. The number of aromatic nitrogens is 3. The molecular formula is C45H64F2N8O4. The van der Waals surface area contributed by atoms with E-state index in [1.807, 2.05) is 25.4 Å². The largest absolute Gasteiger partial charge is 0.488 e. The zero-order valence-corrected chi connectivity index (χ0v) is 36.3. The van der Waals surface area contributed by atoms with Crippen molar-refractivity contribution in [2.75, 3.05) is 67.7 Å². The van der Waals surface area contributed by atoms with E-state index in [0.717, 1.165) is 63.7 Å². The second-order valence-corrected chi connectivity index (χ2v) is 17.2. The van der Waals surface area contributed by atoms with E-state index < -0.39 is 24.0 Å². The van der Waals surface area contributed by atoms with Crippen LogP contribution in [0, 0.1) is 28.4 Å². The van der Waals surface area contributed by atoms with Gasteiger partial charge >= 0.3 is 0 Å². The normalized spacial score (nSPS) is 17.0. The van der Waals surface area contributed by atoms with Crippen molar-refractivity contribution in [2.24, 2.45) is 21.8 Å². The fourth-order valence-electron chi connectivity index (χ4n) is 7.98. The van der Waals surface area contributed by atoms with Gasteiger partial charge in [0.25, 0.3) is 0 Å². The molecule has 14 heteroatoms. The minimum absolute atomic E-state index is 0.0735. The number of benzene rings is 3. The van der Waals surface area contributed by atoms with Crippen molar-refractivity contribution in [2.45, 2.75) is 86.9 Å². The van der Waals surface area contributed by atoms with E-state index in [9.17, 15) is 8.78 Å². The van der Waals surface area contributed by atoms with Gasteiger partial charge in [-0.15, -0.1) is 0 Å². The molecule has 2 aliphatic rings. The van der Waals surface area contributed by atoms with Gasteiger partial charge in [-0.1, -0.05) is 54.5 Å². The monoisotopic (exact) mass is 819 g/mol. The lowest BCUT2D eigenvalue weighted by Gasteiger charge is -2.43. The van der Waals surface area contributed by atoms with Crippen molar-refractivity contribution in [1.82, 2.24) is 19.8 Å². The van der Waals surface area contributed by atoms with Gasteiger partial charge in [0.05, 0.1) is 6.54 Å². The maximum absolute atomic E-state index is 14.9. The van der Waals surface area contributed by atoms with Crippen molar-refractivity contribution >= 4 is 23.4 Å². The van der Waals surface area contributed by atoms with Gasteiger partial charge < -0.3 is 34.0 Å². The summed E-state index contributed by atoms with van der Waals surface area (Å²) in [6.07, 6.45) is 4.15. The zero-order chi connectivity index (χ0) is 42.7. The Kier molecular flexibility index (Phi) is 15.7. The summed E-state index contributed by atoms with van der Waals surface area (Å²) in [5.74, 6) is -0.220. The number of hydrogen-bond donors (Lipinski definition) is 1. The molecule has 12 nitrogen and oxygen atoms in total. The molecule has 322 valence electrons. The molecule has 6 rings (SSSR count). The van der Waals surface area contributed by atoms with Crippen LogP contribution in [0.15, 0.2) is 84.5 Å².